The molecule has 2 nitrogen and oxygen atoms in total. The van der Waals surface area contributed by atoms with E-state index in [1.165, 1.54) is 83.5 Å². The second-order valence-corrected chi connectivity index (χ2v) is 23.3. The summed E-state index contributed by atoms with van der Waals surface area (Å²) < 4.78 is 11.0. The molecule has 0 amide bonds. The molecule has 0 spiro atoms. The van der Waals surface area contributed by atoms with Crippen LogP contribution in [0.15, 0.2) is 188 Å². The Kier molecular flexibility index (Phi) is 22.4. The monoisotopic (exact) mass is 1030 g/mol. The van der Waals surface area contributed by atoms with E-state index in [0.29, 0.717) is 13.2 Å². The third-order valence-corrected chi connectivity index (χ3v) is 16.3. The topological polar surface area (TPSA) is 18.5 Å². The van der Waals surface area contributed by atoms with Gasteiger partial charge < -0.3 is 9.47 Å². The predicted molar refractivity (Wildman–Crippen MR) is 337 cm³/mol. The fourth-order valence-electron chi connectivity index (χ4n) is 9.35. The molecule has 0 heterocycles. The zero-order valence-corrected chi connectivity index (χ0v) is 50.5. The van der Waals surface area contributed by atoms with Gasteiger partial charge in [-0.15, -0.1) is 0 Å². The molecule has 0 aliphatic heterocycles. The minimum atomic E-state index is 0.242. The summed E-state index contributed by atoms with van der Waals surface area (Å²) in [6.45, 7) is 39.3. The molecule has 0 atom stereocenters. The standard InChI is InChI=1S/C20H26.2C19H24O.C17H20/c1-7-20(5,6)18-10-8-17(9-11-18)19-15(3)12-14(2)13-16(19)4;1-5-19(3,4)17-11-7-15(8-12-17)16-9-13-18(14-10-16)20-6-2;1-5-19(3,4)17-12-10-15(11-13-17)16-8-7-9-18(14-16)20-6-2;1-4-17(2,3)16-12-10-15(11-13-16)14-8-6-5-7-9-14/h8-13H,7H2,1-6H3;2*7-14H,5-6H2,1-4H3;5-13H,4H2,1-3H3. The summed E-state index contributed by atoms with van der Waals surface area (Å²) in [4.78, 5) is 0. The summed E-state index contributed by atoms with van der Waals surface area (Å²) in [5.41, 5.74) is 20.9. The Morgan fingerprint density at radius 2 is 0.584 bits per heavy atom. The Balaban J connectivity index is 0.000000190. The van der Waals surface area contributed by atoms with Crippen LogP contribution in [0.5, 0.6) is 11.5 Å². The normalized spacial score (nSPS) is 11.5. The van der Waals surface area contributed by atoms with E-state index in [0.717, 1.165) is 37.2 Å². The zero-order valence-electron chi connectivity index (χ0n) is 50.5. The Bertz CT molecular complexity index is 2960. The first-order valence-electron chi connectivity index (χ1n) is 28.6. The second-order valence-electron chi connectivity index (χ2n) is 23.3. The second kappa shape index (κ2) is 28.1. The van der Waals surface area contributed by atoms with Gasteiger partial charge in [0.05, 0.1) is 13.2 Å². The van der Waals surface area contributed by atoms with Crippen LogP contribution >= 0.6 is 0 Å². The highest BCUT2D eigenvalue weighted by molar-refractivity contribution is 5.72. The van der Waals surface area contributed by atoms with Crippen molar-refractivity contribution in [2.24, 2.45) is 0 Å². The molecule has 0 unspecified atom stereocenters. The SMILES string of the molecule is CCC(C)(C)c1ccc(-c2c(C)cc(C)cc2C)cc1.CCC(C)(C)c1ccc(-c2ccccc2)cc1.CCOc1ccc(-c2ccc(C(C)(C)CC)cc2)cc1.CCOc1cccc(-c2ccc(C(C)(C)CC)cc2)c1. The maximum atomic E-state index is 5.56. The molecule has 0 fully saturated rings. The third kappa shape index (κ3) is 17.2. The minimum Gasteiger partial charge on any atom is -0.494 e. The summed E-state index contributed by atoms with van der Waals surface area (Å²) in [5, 5.41) is 0. The maximum absolute atomic E-state index is 5.56. The van der Waals surface area contributed by atoms with Gasteiger partial charge in [0.1, 0.15) is 11.5 Å². The molecule has 8 aromatic rings. The van der Waals surface area contributed by atoms with Crippen LogP contribution in [-0.4, -0.2) is 13.2 Å². The van der Waals surface area contributed by atoms with Crippen LogP contribution in [0, 0.1) is 20.8 Å². The van der Waals surface area contributed by atoms with Crippen molar-refractivity contribution in [3.05, 3.63) is 227 Å². The molecule has 77 heavy (non-hydrogen) atoms. The molecule has 0 saturated carbocycles. The average molecular weight is 1030 g/mol. The highest BCUT2D eigenvalue weighted by Crippen LogP contribution is 2.35. The van der Waals surface area contributed by atoms with E-state index in [1.54, 1.807) is 0 Å². The molecule has 0 saturated heterocycles. The third-order valence-electron chi connectivity index (χ3n) is 16.3. The van der Waals surface area contributed by atoms with Gasteiger partial charge in [-0.05, 0) is 184 Å². The smallest absolute Gasteiger partial charge is 0.119 e. The lowest BCUT2D eigenvalue weighted by molar-refractivity contribution is 0.340. The van der Waals surface area contributed by atoms with Crippen LogP contribution in [0.3, 0.4) is 0 Å². The quantitative estimate of drug-likeness (QED) is 0.0960. The lowest BCUT2D eigenvalue weighted by atomic mass is 9.81. The average Bonchev–Trinajstić information content (AvgIpc) is 3.44. The first-order valence-corrected chi connectivity index (χ1v) is 28.6. The van der Waals surface area contributed by atoms with Crippen LogP contribution in [0.25, 0.3) is 44.5 Å². The molecule has 0 radical (unpaired) electrons. The number of rotatable bonds is 16. The largest absolute Gasteiger partial charge is 0.494 e. The van der Waals surface area contributed by atoms with E-state index < -0.39 is 0 Å². The van der Waals surface area contributed by atoms with E-state index in [1.807, 2.05) is 38.1 Å². The molecule has 0 aromatic heterocycles. The van der Waals surface area contributed by atoms with E-state index >= 15 is 0 Å². The Morgan fingerprint density at radius 1 is 0.286 bits per heavy atom. The molecule has 8 aromatic carbocycles. The van der Waals surface area contributed by atoms with Crippen LogP contribution in [0.1, 0.15) is 162 Å². The summed E-state index contributed by atoms with van der Waals surface area (Å²) in [6, 6.07) is 67.5. The molecule has 406 valence electrons. The molecule has 0 bridgehead atoms. The Morgan fingerprint density at radius 3 is 0.935 bits per heavy atom. The van der Waals surface area contributed by atoms with Crippen molar-refractivity contribution >= 4 is 0 Å². The molecule has 0 aliphatic carbocycles. The van der Waals surface area contributed by atoms with Gasteiger partial charge in [-0.2, -0.15) is 0 Å². The van der Waals surface area contributed by atoms with Crippen molar-refractivity contribution in [3.63, 3.8) is 0 Å². The minimum absolute atomic E-state index is 0.242. The first kappa shape index (κ1) is 61.2. The molecular formula is C75H94O2. The van der Waals surface area contributed by atoms with Crippen molar-refractivity contribution in [1.82, 2.24) is 0 Å². The highest BCUT2D eigenvalue weighted by atomic mass is 16.5. The fourth-order valence-corrected chi connectivity index (χ4v) is 9.35. The van der Waals surface area contributed by atoms with Crippen LogP contribution in [-0.2, 0) is 21.7 Å². The predicted octanol–water partition coefficient (Wildman–Crippen LogP) is 21.9. The summed E-state index contributed by atoms with van der Waals surface area (Å²) in [5.74, 6) is 1.86. The molecule has 2 heteroatoms. The summed E-state index contributed by atoms with van der Waals surface area (Å²) in [6.07, 6.45) is 4.62. The van der Waals surface area contributed by atoms with E-state index in [2.05, 4.69) is 268 Å². The van der Waals surface area contributed by atoms with Gasteiger partial charge in [0.25, 0.3) is 0 Å². The molecule has 0 aliphatic rings. The number of aryl methyl sites for hydroxylation is 3. The number of ether oxygens (including phenoxy) is 2. The van der Waals surface area contributed by atoms with Crippen LogP contribution in [0.2, 0.25) is 0 Å². The van der Waals surface area contributed by atoms with Crippen LogP contribution in [0.4, 0.5) is 0 Å². The van der Waals surface area contributed by atoms with Gasteiger partial charge in [0, 0.05) is 0 Å². The van der Waals surface area contributed by atoms with Gasteiger partial charge in [0.2, 0.25) is 0 Å². The van der Waals surface area contributed by atoms with Crippen molar-refractivity contribution < 1.29 is 9.47 Å². The molecular weight excluding hydrogens is 933 g/mol. The van der Waals surface area contributed by atoms with Gasteiger partial charge in [0.15, 0.2) is 0 Å². The maximum Gasteiger partial charge on any atom is 0.119 e. The van der Waals surface area contributed by atoms with Gasteiger partial charge in [-0.25, -0.2) is 0 Å². The Hall–Kier alpha value is -6.64. The first-order chi connectivity index (χ1) is 36.6. The van der Waals surface area contributed by atoms with Crippen molar-refractivity contribution in [2.45, 2.75) is 165 Å². The van der Waals surface area contributed by atoms with E-state index in [4.69, 9.17) is 9.47 Å². The van der Waals surface area contributed by atoms with E-state index in [-0.39, 0.29) is 21.7 Å². The fraction of sp³-hybridized carbons (Fsp3) is 0.360. The van der Waals surface area contributed by atoms with Crippen molar-refractivity contribution in [2.75, 3.05) is 13.2 Å². The summed E-state index contributed by atoms with van der Waals surface area (Å²) in [7, 11) is 0. The van der Waals surface area contributed by atoms with Crippen molar-refractivity contribution in [3.8, 4) is 56.0 Å². The van der Waals surface area contributed by atoms with E-state index in [9.17, 15) is 0 Å². The van der Waals surface area contributed by atoms with Crippen molar-refractivity contribution in [1.29, 1.82) is 0 Å². The molecule has 8 rings (SSSR count). The van der Waals surface area contributed by atoms with Gasteiger partial charge in [-0.1, -0.05) is 252 Å². The van der Waals surface area contributed by atoms with Crippen LogP contribution < -0.4 is 9.47 Å². The summed E-state index contributed by atoms with van der Waals surface area (Å²) >= 11 is 0. The molecule has 0 N–H and O–H groups in total. The highest BCUT2D eigenvalue weighted by Gasteiger charge is 2.21. The number of benzene rings is 8. The lowest BCUT2D eigenvalue weighted by Crippen LogP contribution is -2.15. The lowest BCUT2D eigenvalue weighted by Gasteiger charge is -2.23. The Labute approximate surface area is 468 Å². The van der Waals surface area contributed by atoms with Gasteiger partial charge >= 0.3 is 0 Å². The number of hydrogen-bond donors (Lipinski definition) is 0. The van der Waals surface area contributed by atoms with Gasteiger partial charge in [-0.3, -0.25) is 0 Å². The number of hydrogen-bond acceptors (Lipinski definition) is 2. The zero-order chi connectivity index (χ0) is 56.4.